The fourth-order valence-corrected chi connectivity index (χ4v) is 1.65. The van der Waals surface area contributed by atoms with Crippen LogP contribution in [0.4, 0.5) is 5.69 Å². The highest BCUT2D eigenvalue weighted by Gasteiger charge is 2.18. The van der Waals surface area contributed by atoms with Gasteiger partial charge in [-0.15, -0.1) is 0 Å². The average Bonchev–Trinajstić information content (AvgIpc) is 2.37. The maximum absolute atomic E-state index is 11.3. The van der Waals surface area contributed by atoms with Gasteiger partial charge in [0.25, 0.3) is 0 Å². The first-order valence-corrected chi connectivity index (χ1v) is 6.75. The van der Waals surface area contributed by atoms with Crippen LogP contribution in [0.15, 0.2) is 6.20 Å². The average molecular weight is 281 g/mol. The summed E-state index contributed by atoms with van der Waals surface area (Å²) in [4.78, 5) is 21.5. The smallest absolute Gasteiger partial charge is 0.356 e. The van der Waals surface area contributed by atoms with Gasteiger partial charge in [0.15, 0.2) is 5.69 Å². The Hall–Kier alpha value is -1.69. The third-order valence-electron chi connectivity index (χ3n) is 2.80. The Morgan fingerprint density at radius 3 is 2.55 bits per heavy atom. The number of carboxylic acids is 1. The first-order valence-electron chi connectivity index (χ1n) is 6.75. The van der Waals surface area contributed by atoms with Gasteiger partial charge in [0, 0.05) is 19.5 Å². The van der Waals surface area contributed by atoms with E-state index in [9.17, 15) is 9.90 Å². The minimum atomic E-state index is -1.04. The lowest BCUT2D eigenvalue weighted by Gasteiger charge is -2.21. The molecule has 0 saturated carbocycles. The number of nitrogens with zero attached hydrogens (tertiary/aromatic N) is 3. The van der Waals surface area contributed by atoms with Crippen LogP contribution >= 0.6 is 0 Å². The standard InChI is InChI=1S/C14H23N3O3/c1-9(2)13-15-8-11(12(16-13)14(18)19)17(5)6-7-20-10(3)4/h8-10H,6-7H2,1-5H3,(H,18,19). The monoisotopic (exact) mass is 281 g/mol. The molecule has 1 heterocycles. The number of ether oxygens (including phenoxy) is 1. The van der Waals surface area contributed by atoms with Crippen LogP contribution in [-0.4, -0.2) is 47.3 Å². The lowest BCUT2D eigenvalue weighted by molar-refractivity contribution is 0.0689. The predicted molar refractivity (Wildman–Crippen MR) is 77.4 cm³/mol. The van der Waals surface area contributed by atoms with Crippen LogP contribution in [0.2, 0.25) is 0 Å². The first-order chi connectivity index (χ1) is 9.32. The molecule has 0 aromatic carbocycles. The van der Waals surface area contributed by atoms with Crippen molar-refractivity contribution in [3.05, 3.63) is 17.7 Å². The maximum atomic E-state index is 11.3. The van der Waals surface area contributed by atoms with Gasteiger partial charge in [0.1, 0.15) is 5.82 Å². The van der Waals surface area contributed by atoms with Crippen molar-refractivity contribution in [3.63, 3.8) is 0 Å². The van der Waals surface area contributed by atoms with Crippen molar-refractivity contribution in [3.8, 4) is 0 Å². The lowest BCUT2D eigenvalue weighted by atomic mass is 10.2. The second kappa shape index (κ2) is 7.19. The highest BCUT2D eigenvalue weighted by molar-refractivity contribution is 5.91. The van der Waals surface area contributed by atoms with Crippen LogP contribution in [-0.2, 0) is 4.74 Å². The van der Waals surface area contributed by atoms with Crippen molar-refractivity contribution in [2.45, 2.75) is 39.7 Å². The minimum Gasteiger partial charge on any atom is -0.476 e. The number of anilines is 1. The van der Waals surface area contributed by atoms with E-state index in [4.69, 9.17) is 4.74 Å². The largest absolute Gasteiger partial charge is 0.476 e. The van der Waals surface area contributed by atoms with E-state index >= 15 is 0 Å². The molecule has 0 aliphatic rings. The summed E-state index contributed by atoms with van der Waals surface area (Å²) in [6.07, 6.45) is 1.73. The van der Waals surface area contributed by atoms with Crippen LogP contribution in [0.1, 0.15) is 49.9 Å². The Labute approximate surface area is 119 Å². The number of hydrogen-bond donors (Lipinski definition) is 1. The molecular weight excluding hydrogens is 258 g/mol. The molecule has 6 nitrogen and oxygen atoms in total. The molecule has 6 heteroatoms. The summed E-state index contributed by atoms with van der Waals surface area (Å²) in [7, 11) is 1.81. The Morgan fingerprint density at radius 2 is 2.05 bits per heavy atom. The third kappa shape index (κ3) is 4.45. The zero-order valence-corrected chi connectivity index (χ0v) is 12.8. The number of hydrogen-bond acceptors (Lipinski definition) is 5. The molecule has 1 aromatic rings. The van der Waals surface area contributed by atoms with E-state index in [1.165, 1.54) is 0 Å². The molecule has 0 fully saturated rings. The number of likely N-dealkylation sites (N-methyl/N-ethyl adjacent to an activating group) is 1. The molecule has 0 aliphatic carbocycles. The highest BCUT2D eigenvalue weighted by Crippen LogP contribution is 2.19. The van der Waals surface area contributed by atoms with E-state index in [0.29, 0.717) is 24.7 Å². The van der Waals surface area contributed by atoms with Crippen LogP contribution in [0.3, 0.4) is 0 Å². The molecular formula is C14H23N3O3. The SMILES string of the molecule is CC(C)OCCN(C)c1cnc(C(C)C)nc1C(=O)O. The summed E-state index contributed by atoms with van der Waals surface area (Å²) in [5.41, 5.74) is 0.546. The van der Waals surface area contributed by atoms with E-state index in [0.717, 1.165) is 0 Å². The third-order valence-corrected chi connectivity index (χ3v) is 2.80. The summed E-state index contributed by atoms with van der Waals surface area (Å²) >= 11 is 0. The molecule has 1 N–H and O–H groups in total. The van der Waals surface area contributed by atoms with Gasteiger partial charge in [0.2, 0.25) is 0 Å². The van der Waals surface area contributed by atoms with Crippen molar-refractivity contribution in [2.75, 3.05) is 25.1 Å². The fourth-order valence-electron chi connectivity index (χ4n) is 1.65. The molecule has 0 amide bonds. The highest BCUT2D eigenvalue weighted by atomic mass is 16.5. The first kappa shape index (κ1) is 16.4. The predicted octanol–water partition coefficient (Wildman–Crippen LogP) is 2.16. The molecule has 20 heavy (non-hydrogen) atoms. The summed E-state index contributed by atoms with van der Waals surface area (Å²) in [6.45, 7) is 8.90. The zero-order valence-electron chi connectivity index (χ0n) is 12.8. The number of carbonyl (C=O) groups is 1. The van der Waals surface area contributed by atoms with Crippen molar-refractivity contribution < 1.29 is 14.6 Å². The number of aromatic carboxylic acids is 1. The van der Waals surface area contributed by atoms with Crippen LogP contribution in [0.5, 0.6) is 0 Å². The zero-order chi connectivity index (χ0) is 15.3. The van der Waals surface area contributed by atoms with E-state index in [-0.39, 0.29) is 17.7 Å². The van der Waals surface area contributed by atoms with Crippen LogP contribution < -0.4 is 4.90 Å². The molecule has 0 spiro atoms. The Kier molecular flexibility index (Phi) is 5.88. The molecule has 0 aliphatic heterocycles. The summed E-state index contributed by atoms with van der Waals surface area (Å²) < 4.78 is 5.47. The van der Waals surface area contributed by atoms with Gasteiger partial charge in [-0.3, -0.25) is 0 Å². The van der Waals surface area contributed by atoms with Crippen LogP contribution in [0.25, 0.3) is 0 Å². The molecule has 0 unspecified atom stereocenters. The normalized spacial score (nSPS) is 11.2. The number of carboxylic acid groups (broad SMARTS) is 1. The molecule has 0 saturated heterocycles. The topological polar surface area (TPSA) is 75.5 Å². The van der Waals surface area contributed by atoms with Gasteiger partial charge >= 0.3 is 5.97 Å². The number of aromatic nitrogens is 2. The second-order valence-electron chi connectivity index (χ2n) is 5.26. The van der Waals surface area contributed by atoms with Gasteiger partial charge in [-0.1, -0.05) is 13.8 Å². The van der Waals surface area contributed by atoms with E-state index in [1.807, 2.05) is 34.7 Å². The van der Waals surface area contributed by atoms with Crippen molar-refractivity contribution in [1.29, 1.82) is 0 Å². The quantitative estimate of drug-likeness (QED) is 0.825. The van der Waals surface area contributed by atoms with Crippen LogP contribution in [0, 0.1) is 0 Å². The molecule has 0 bridgehead atoms. The van der Waals surface area contributed by atoms with Gasteiger partial charge in [-0.05, 0) is 13.8 Å². The Morgan fingerprint density at radius 1 is 1.40 bits per heavy atom. The van der Waals surface area contributed by atoms with Gasteiger partial charge in [-0.2, -0.15) is 0 Å². The van der Waals surface area contributed by atoms with Crippen molar-refractivity contribution in [1.82, 2.24) is 9.97 Å². The van der Waals surface area contributed by atoms with E-state index < -0.39 is 5.97 Å². The van der Waals surface area contributed by atoms with Gasteiger partial charge in [-0.25, -0.2) is 14.8 Å². The second-order valence-corrected chi connectivity index (χ2v) is 5.26. The Bertz CT molecular complexity index is 461. The van der Waals surface area contributed by atoms with E-state index in [1.54, 1.807) is 11.1 Å². The lowest BCUT2D eigenvalue weighted by Crippen LogP contribution is -2.26. The van der Waals surface area contributed by atoms with Gasteiger partial charge in [0.05, 0.1) is 24.6 Å². The molecule has 1 rings (SSSR count). The summed E-state index contributed by atoms with van der Waals surface area (Å²) in [5, 5.41) is 9.29. The molecule has 0 atom stereocenters. The minimum absolute atomic E-state index is 0.0377. The summed E-state index contributed by atoms with van der Waals surface area (Å²) in [5.74, 6) is -0.407. The van der Waals surface area contributed by atoms with Crippen molar-refractivity contribution >= 4 is 11.7 Å². The van der Waals surface area contributed by atoms with Crippen molar-refractivity contribution in [2.24, 2.45) is 0 Å². The maximum Gasteiger partial charge on any atom is 0.356 e. The fraction of sp³-hybridized carbons (Fsp3) is 0.643. The summed E-state index contributed by atoms with van der Waals surface area (Å²) in [6, 6.07) is 0. The molecule has 112 valence electrons. The van der Waals surface area contributed by atoms with Gasteiger partial charge < -0.3 is 14.7 Å². The number of rotatable bonds is 7. The van der Waals surface area contributed by atoms with E-state index in [2.05, 4.69) is 9.97 Å². The molecule has 0 radical (unpaired) electrons. The Balaban J connectivity index is 2.90. The molecule has 1 aromatic heterocycles.